The highest BCUT2D eigenvalue weighted by Crippen LogP contribution is 2.44. The molecular formula is C23H20Cl2N2O4. The third-order valence-corrected chi connectivity index (χ3v) is 5.33. The molecule has 160 valence electrons. The van der Waals surface area contributed by atoms with Crippen molar-refractivity contribution in [3.05, 3.63) is 86.4 Å². The van der Waals surface area contributed by atoms with E-state index in [0.29, 0.717) is 21.4 Å². The summed E-state index contributed by atoms with van der Waals surface area (Å²) in [7, 11) is 0. The lowest BCUT2D eigenvalue weighted by Gasteiger charge is -2.28. The van der Waals surface area contributed by atoms with Crippen LogP contribution in [-0.4, -0.2) is 12.6 Å². The molecule has 1 atom stereocenters. The summed E-state index contributed by atoms with van der Waals surface area (Å²) < 4.78 is 16.7. The second kappa shape index (κ2) is 9.78. The van der Waals surface area contributed by atoms with Crippen LogP contribution in [0.2, 0.25) is 10.0 Å². The van der Waals surface area contributed by atoms with E-state index >= 15 is 0 Å². The minimum Gasteiger partial charge on any atom is -0.489 e. The summed E-state index contributed by atoms with van der Waals surface area (Å²) in [5.74, 6) is -0.890. The number of nitrogens with two attached hydrogens (primary N) is 1. The van der Waals surface area contributed by atoms with Crippen LogP contribution in [0.4, 0.5) is 0 Å². The molecule has 0 fully saturated rings. The SMILES string of the molecule is CCOC(=O)C1=C(C)OC(N)=C(C#N)C1c1cc(Cl)ccc1OCc1ccccc1Cl. The summed E-state index contributed by atoms with van der Waals surface area (Å²) in [6.07, 6.45) is 0. The third kappa shape index (κ3) is 4.79. The Morgan fingerprint density at radius 3 is 2.68 bits per heavy atom. The van der Waals surface area contributed by atoms with Crippen LogP contribution >= 0.6 is 23.2 Å². The number of carbonyl (C=O) groups is 1. The fourth-order valence-electron chi connectivity index (χ4n) is 3.31. The van der Waals surface area contributed by atoms with E-state index in [4.69, 9.17) is 43.1 Å². The number of ether oxygens (including phenoxy) is 3. The molecule has 31 heavy (non-hydrogen) atoms. The van der Waals surface area contributed by atoms with Crippen molar-refractivity contribution in [3.8, 4) is 11.8 Å². The van der Waals surface area contributed by atoms with Crippen LogP contribution < -0.4 is 10.5 Å². The molecule has 3 rings (SSSR count). The van der Waals surface area contributed by atoms with E-state index in [1.54, 1.807) is 38.1 Å². The molecule has 8 heteroatoms. The van der Waals surface area contributed by atoms with Gasteiger partial charge in [0, 0.05) is 21.2 Å². The molecule has 0 aliphatic carbocycles. The van der Waals surface area contributed by atoms with Gasteiger partial charge in [0.2, 0.25) is 5.88 Å². The zero-order chi connectivity index (χ0) is 22.5. The van der Waals surface area contributed by atoms with Gasteiger partial charge in [-0.2, -0.15) is 5.26 Å². The monoisotopic (exact) mass is 458 g/mol. The number of nitrogens with zero attached hydrogens (tertiary/aromatic N) is 1. The van der Waals surface area contributed by atoms with Gasteiger partial charge in [0.05, 0.1) is 18.1 Å². The number of carbonyl (C=O) groups excluding carboxylic acids is 1. The smallest absolute Gasteiger partial charge is 0.338 e. The molecular weight excluding hydrogens is 439 g/mol. The van der Waals surface area contributed by atoms with Crippen molar-refractivity contribution in [1.29, 1.82) is 5.26 Å². The lowest BCUT2D eigenvalue weighted by molar-refractivity contribution is -0.139. The quantitative estimate of drug-likeness (QED) is 0.596. The molecule has 0 spiro atoms. The molecule has 0 aromatic heterocycles. The Morgan fingerprint density at radius 2 is 2.00 bits per heavy atom. The normalized spacial score (nSPS) is 15.9. The molecule has 1 heterocycles. The summed E-state index contributed by atoms with van der Waals surface area (Å²) in [5, 5.41) is 10.7. The molecule has 1 aliphatic heterocycles. The molecule has 0 bridgehead atoms. The van der Waals surface area contributed by atoms with Crippen molar-refractivity contribution in [1.82, 2.24) is 0 Å². The molecule has 2 aromatic rings. The van der Waals surface area contributed by atoms with Gasteiger partial charge in [-0.15, -0.1) is 0 Å². The average Bonchev–Trinajstić information content (AvgIpc) is 2.73. The number of nitriles is 1. The van der Waals surface area contributed by atoms with E-state index in [0.717, 1.165) is 5.56 Å². The van der Waals surface area contributed by atoms with E-state index in [1.165, 1.54) is 0 Å². The standard InChI is InChI=1S/C23H20Cl2N2O4/c1-3-29-23(28)20-13(2)31-22(27)17(11-26)21(20)16-10-15(24)8-9-19(16)30-12-14-6-4-5-7-18(14)25/h4-10,21H,3,12,27H2,1-2H3. The summed E-state index contributed by atoms with van der Waals surface area (Å²) in [6.45, 7) is 3.62. The third-order valence-electron chi connectivity index (χ3n) is 4.72. The van der Waals surface area contributed by atoms with Gasteiger partial charge in [0.15, 0.2) is 0 Å². The highest BCUT2D eigenvalue weighted by Gasteiger charge is 2.38. The Balaban J connectivity index is 2.10. The molecule has 6 nitrogen and oxygen atoms in total. The molecule has 1 aliphatic rings. The van der Waals surface area contributed by atoms with Crippen LogP contribution in [0.1, 0.15) is 30.9 Å². The van der Waals surface area contributed by atoms with Crippen LogP contribution in [0, 0.1) is 11.3 Å². The van der Waals surface area contributed by atoms with Crippen LogP contribution in [-0.2, 0) is 20.9 Å². The van der Waals surface area contributed by atoms with Gasteiger partial charge in [0.1, 0.15) is 29.8 Å². The van der Waals surface area contributed by atoms with Gasteiger partial charge in [-0.25, -0.2) is 4.79 Å². The lowest BCUT2D eigenvalue weighted by atomic mass is 9.82. The molecule has 1 unspecified atom stereocenters. The summed E-state index contributed by atoms with van der Waals surface area (Å²) in [4.78, 5) is 12.8. The van der Waals surface area contributed by atoms with Crippen molar-refractivity contribution in [2.75, 3.05) is 6.61 Å². The maximum Gasteiger partial charge on any atom is 0.338 e. The number of rotatable bonds is 6. The number of hydrogen-bond donors (Lipinski definition) is 1. The second-order valence-corrected chi connectivity index (χ2v) is 7.52. The van der Waals surface area contributed by atoms with Crippen LogP contribution in [0.25, 0.3) is 0 Å². The lowest BCUT2D eigenvalue weighted by Crippen LogP contribution is -2.26. The molecule has 0 amide bonds. The molecule has 0 radical (unpaired) electrons. The number of halogens is 2. The Kier molecular flexibility index (Phi) is 7.11. The fourth-order valence-corrected chi connectivity index (χ4v) is 3.68. The van der Waals surface area contributed by atoms with Crippen LogP contribution in [0.5, 0.6) is 5.75 Å². The highest BCUT2D eigenvalue weighted by atomic mass is 35.5. The molecule has 0 saturated carbocycles. The second-order valence-electron chi connectivity index (χ2n) is 6.68. The maximum atomic E-state index is 12.8. The summed E-state index contributed by atoms with van der Waals surface area (Å²) >= 11 is 12.5. The fraction of sp³-hybridized carbons (Fsp3) is 0.217. The Morgan fingerprint density at radius 1 is 1.26 bits per heavy atom. The minimum atomic E-state index is -0.863. The first-order valence-electron chi connectivity index (χ1n) is 9.48. The van der Waals surface area contributed by atoms with Crippen LogP contribution in [0.15, 0.2) is 65.3 Å². The number of esters is 1. The van der Waals surface area contributed by atoms with Gasteiger partial charge in [-0.05, 0) is 38.1 Å². The number of hydrogen-bond acceptors (Lipinski definition) is 6. The molecule has 2 aromatic carbocycles. The first-order chi connectivity index (χ1) is 14.9. The first-order valence-corrected chi connectivity index (χ1v) is 10.2. The summed E-state index contributed by atoms with van der Waals surface area (Å²) in [5.41, 5.74) is 7.48. The Bertz CT molecular complexity index is 1120. The predicted molar refractivity (Wildman–Crippen MR) is 117 cm³/mol. The van der Waals surface area contributed by atoms with E-state index in [9.17, 15) is 10.1 Å². The van der Waals surface area contributed by atoms with Crippen LogP contribution in [0.3, 0.4) is 0 Å². The number of allylic oxidation sites excluding steroid dienone is 2. The van der Waals surface area contributed by atoms with E-state index in [-0.39, 0.29) is 36.0 Å². The van der Waals surface area contributed by atoms with E-state index in [2.05, 4.69) is 0 Å². The highest BCUT2D eigenvalue weighted by molar-refractivity contribution is 6.31. The maximum absolute atomic E-state index is 12.8. The zero-order valence-corrected chi connectivity index (χ0v) is 18.5. The van der Waals surface area contributed by atoms with Gasteiger partial charge in [-0.3, -0.25) is 0 Å². The van der Waals surface area contributed by atoms with E-state index in [1.807, 2.05) is 24.3 Å². The topological polar surface area (TPSA) is 94.6 Å². The number of benzene rings is 2. The van der Waals surface area contributed by atoms with Gasteiger partial charge in [0.25, 0.3) is 0 Å². The van der Waals surface area contributed by atoms with Crippen molar-refractivity contribution in [2.24, 2.45) is 5.73 Å². The Hall–Kier alpha value is -3.14. The van der Waals surface area contributed by atoms with Crippen molar-refractivity contribution in [2.45, 2.75) is 26.4 Å². The minimum absolute atomic E-state index is 0.0681. The van der Waals surface area contributed by atoms with Crippen molar-refractivity contribution in [3.63, 3.8) is 0 Å². The van der Waals surface area contributed by atoms with Gasteiger partial charge >= 0.3 is 5.97 Å². The summed E-state index contributed by atoms with van der Waals surface area (Å²) in [6, 6.07) is 14.3. The predicted octanol–water partition coefficient (Wildman–Crippen LogP) is 5.22. The largest absolute Gasteiger partial charge is 0.489 e. The average molecular weight is 459 g/mol. The first kappa shape index (κ1) is 22.5. The Labute approximate surface area is 190 Å². The molecule has 0 saturated heterocycles. The molecule has 2 N–H and O–H groups in total. The van der Waals surface area contributed by atoms with Gasteiger partial charge in [-0.1, -0.05) is 41.4 Å². The zero-order valence-electron chi connectivity index (χ0n) is 16.9. The van der Waals surface area contributed by atoms with E-state index < -0.39 is 11.9 Å². The van der Waals surface area contributed by atoms with Crippen molar-refractivity contribution >= 4 is 29.2 Å². The van der Waals surface area contributed by atoms with Crippen molar-refractivity contribution < 1.29 is 19.0 Å². The van der Waals surface area contributed by atoms with Gasteiger partial charge < -0.3 is 19.9 Å².